The van der Waals surface area contributed by atoms with Crippen molar-refractivity contribution in [2.24, 2.45) is 5.73 Å². The molecule has 90 valence electrons. The fraction of sp³-hybridized carbons (Fsp3) is 1.00. The summed E-state index contributed by atoms with van der Waals surface area (Å²) < 4.78 is 27.6. The summed E-state index contributed by atoms with van der Waals surface area (Å²) in [5.74, 6) is 0. The summed E-state index contributed by atoms with van der Waals surface area (Å²) in [6, 6.07) is 0. The minimum Gasteiger partial charge on any atom is -0.324 e. The maximum atomic E-state index is 11.3. The predicted octanol–water partition coefficient (Wildman–Crippen LogP) is 0.0919. The second kappa shape index (κ2) is 5.25. The van der Waals surface area contributed by atoms with E-state index in [0.29, 0.717) is 13.1 Å². The molecule has 0 spiro atoms. The molecule has 6 heteroatoms. The van der Waals surface area contributed by atoms with Gasteiger partial charge in [0.15, 0.2) is 0 Å². The topological polar surface area (TPSA) is 84.2 Å². The van der Waals surface area contributed by atoms with Crippen LogP contribution < -0.4 is 15.2 Å². The Labute approximate surface area is 92.0 Å². The molecular weight excluding hydrogens is 214 g/mol. The smallest absolute Gasteiger partial charge is 0.276 e. The van der Waals surface area contributed by atoms with E-state index in [0.717, 1.165) is 25.7 Å². The van der Waals surface area contributed by atoms with E-state index >= 15 is 0 Å². The first-order chi connectivity index (χ1) is 6.97. The third-order valence-electron chi connectivity index (χ3n) is 2.80. The van der Waals surface area contributed by atoms with Gasteiger partial charge in [0.2, 0.25) is 0 Å². The van der Waals surface area contributed by atoms with Crippen molar-refractivity contribution < 1.29 is 8.42 Å². The van der Waals surface area contributed by atoms with Crippen LogP contribution >= 0.6 is 0 Å². The lowest BCUT2D eigenvalue weighted by Gasteiger charge is -2.33. The number of nitrogens with two attached hydrogens (primary N) is 1. The summed E-state index contributed by atoms with van der Waals surface area (Å²) in [4.78, 5) is 0. The Hall–Kier alpha value is -0.170. The molecule has 0 aromatic heterocycles. The normalized spacial score (nSPS) is 21.5. The Balaban J connectivity index is 2.41. The van der Waals surface area contributed by atoms with Crippen molar-refractivity contribution in [1.82, 2.24) is 9.44 Å². The van der Waals surface area contributed by atoms with Gasteiger partial charge in [0.05, 0.1) is 0 Å². The number of rotatable bonds is 5. The van der Waals surface area contributed by atoms with Gasteiger partial charge in [-0.2, -0.15) is 8.42 Å². The van der Waals surface area contributed by atoms with Crippen LogP contribution in [0.5, 0.6) is 0 Å². The van der Waals surface area contributed by atoms with Gasteiger partial charge in [-0.3, -0.25) is 0 Å². The maximum absolute atomic E-state index is 11.3. The summed E-state index contributed by atoms with van der Waals surface area (Å²) >= 11 is 0. The number of nitrogens with one attached hydrogen (secondary N) is 2. The van der Waals surface area contributed by atoms with Gasteiger partial charge in [-0.25, -0.2) is 9.44 Å². The highest BCUT2D eigenvalue weighted by Crippen LogP contribution is 2.25. The lowest BCUT2D eigenvalue weighted by Crippen LogP contribution is -2.53. The van der Waals surface area contributed by atoms with E-state index < -0.39 is 10.2 Å². The molecule has 1 saturated carbocycles. The third-order valence-corrected chi connectivity index (χ3v) is 3.99. The van der Waals surface area contributed by atoms with Crippen molar-refractivity contribution in [3.05, 3.63) is 0 Å². The molecule has 0 unspecified atom stereocenters. The first kappa shape index (κ1) is 12.9. The van der Waals surface area contributed by atoms with E-state index in [2.05, 4.69) is 9.44 Å². The quantitative estimate of drug-likeness (QED) is 0.631. The van der Waals surface area contributed by atoms with Crippen LogP contribution in [-0.2, 0) is 10.2 Å². The predicted molar refractivity (Wildman–Crippen MR) is 60.6 cm³/mol. The molecule has 5 nitrogen and oxygen atoms in total. The lowest BCUT2D eigenvalue weighted by atomic mass is 9.83. The van der Waals surface area contributed by atoms with Crippen molar-refractivity contribution in [2.45, 2.75) is 44.6 Å². The number of hydrogen-bond acceptors (Lipinski definition) is 3. The Morgan fingerprint density at radius 3 is 2.33 bits per heavy atom. The second-order valence-electron chi connectivity index (χ2n) is 4.25. The van der Waals surface area contributed by atoms with E-state index in [1.165, 1.54) is 6.42 Å². The van der Waals surface area contributed by atoms with Crippen molar-refractivity contribution in [3.63, 3.8) is 0 Å². The summed E-state index contributed by atoms with van der Waals surface area (Å²) in [6.07, 6.45) is 5.21. The fourth-order valence-electron chi connectivity index (χ4n) is 1.91. The van der Waals surface area contributed by atoms with Gasteiger partial charge in [-0.1, -0.05) is 26.2 Å². The van der Waals surface area contributed by atoms with Gasteiger partial charge in [0.1, 0.15) is 0 Å². The van der Waals surface area contributed by atoms with E-state index in [1.54, 1.807) is 6.92 Å². The van der Waals surface area contributed by atoms with E-state index in [4.69, 9.17) is 5.73 Å². The highest BCUT2D eigenvalue weighted by molar-refractivity contribution is 7.87. The molecule has 0 bridgehead atoms. The van der Waals surface area contributed by atoms with Crippen molar-refractivity contribution in [3.8, 4) is 0 Å². The summed E-state index contributed by atoms with van der Waals surface area (Å²) in [5, 5.41) is 0. The summed E-state index contributed by atoms with van der Waals surface area (Å²) in [6.45, 7) is 2.48. The molecule has 0 aromatic carbocycles. The van der Waals surface area contributed by atoms with Gasteiger partial charge in [-0.15, -0.1) is 0 Å². The van der Waals surface area contributed by atoms with Crippen LogP contribution in [0.25, 0.3) is 0 Å². The highest BCUT2D eigenvalue weighted by atomic mass is 32.2. The van der Waals surface area contributed by atoms with Crippen molar-refractivity contribution in [1.29, 1.82) is 0 Å². The van der Waals surface area contributed by atoms with Gasteiger partial charge in [-0.05, 0) is 12.8 Å². The molecule has 0 amide bonds. The summed E-state index contributed by atoms with van der Waals surface area (Å²) in [5.41, 5.74) is 5.76. The van der Waals surface area contributed by atoms with Crippen LogP contribution in [0, 0.1) is 0 Å². The van der Waals surface area contributed by atoms with Crippen LogP contribution in [0.3, 0.4) is 0 Å². The molecule has 0 aliphatic heterocycles. The van der Waals surface area contributed by atoms with Gasteiger partial charge >= 0.3 is 0 Å². The Bertz CT molecular complexity index is 284. The van der Waals surface area contributed by atoms with Crippen LogP contribution in [0.1, 0.15) is 39.0 Å². The maximum Gasteiger partial charge on any atom is 0.276 e. The van der Waals surface area contributed by atoms with E-state index in [9.17, 15) is 8.42 Å². The standard InChI is InChI=1S/C9H21N3O2S/c1-2-11-15(13,14)12-8-9(10)6-4-3-5-7-9/h11-12H,2-8,10H2,1H3. The van der Waals surface area contributed by atoms with Crippen LogP contribution in [0.4, 0.5) is 0 Å². The lowest BCUT2D eigenvalue weighted by molar-refractivity contribution is 0.296. The molecule has 1 aliphatic rings. The summed E-state index contributed by atoms with van der Waals surface area (Å²) in [7, 11) is -3.35. The molecule has 0 radical (unpaired) electrons. The van der Waals surface area contributed by atoms with Crippen molar-refractivity contribution in [2.75, 3.05) is 13.1 Å². The average molecular weight is 235 g/mol. The Morgan fingerprint density at radius 1 is 1.20 bits per heavy atom. The minimum absolute atomic E-state index is 0.336. The average Bonchev–Trinajstić information content (AvgIpc) is 2.17. The van der Waals surface area contributed by atoms with E-state index in [-0.39, 0.29) is 5.54 Å². The molecule has 15 heavy (non-hydrogen) atoms. The zero-order valence-electron chi connectivity index (χ0n) is 9.25. The molecule has 0 atom stereocenters. The largest absolute Gasteiger partial charge is 0.324 e. The molecule has 4 N–H and O–H groups in total. The van der Waals surface area contributed by atoms with Crippen LogP contribution in [-0.4, -0.2) is 27.0 Å². The first-order valence-corrected chi connectivity index (χ1v) is 6.99. The monoisotopic (exact) mass is 235 g/mol. The van der Waals surface area contributed by atoms with E-state index in [1.807, 2.05) is 0 Å². The van der Waals surface area contributed by atoms with Crippen LogP contribution in [0.15, 0.2) is 0 Å². The molecule has 0 heterocycles. The van der Waals surface area contributed by atoms with Crippen LogP contribution in [0.2, 0.25) is 0 Å². The molecule has 1 rings (SSSR count). The second-order valence-corrected chi connectivity index (χ2v) is 5.83. The molecule has 0 aromatic rings. The van der Waals surface area contributed by atoms with Gasteiger partial charge < -0.3 is 5.73 Å². The first-order valence-electron chi connectivity index (χ1n) is 5.51. The third kappa shape index (κ3) is 4.46. The zero-order valence-corrected chi connectivity index (χ0v) is 10.1. The molecule has 0 saturated heterocycles. The Kier molecular flexibility index (Phi) is 4.51. The molecular formula is C9H21N3O2S. The van der Waals surface area contributed by atoms with Gasteiger partial charge in [0, 0.05) is 18.6 Å². The Morgan fingerprint density at radius 2 is 1.80 bits per heavy atom. The van der Waals surface area contributed by atoms with Crippen molar-refractivity contribution >= 4 is 10.2 Å². The number of hydrogen-bond donors (Lipinski definition) is 3. The fourth-order valence-corrected chi connectivity index (χ4v) is 2.87. The molecule has 1 fully saturated rings. The minimum atomic E-state index is -3.35. The molecule has 1 aliphatic carbocycles. The SMILES string of the molecule is CCNS(=O)(=O)NCC1(N)CCCCC1. The highest BCUT2D eigenvalue weighted by Gasteiger charge is 2.28. The zero-order chi connectivity index (χ0) is 11.4. The van der Waals surface area contributed by atoms with Gasteiger partial charge in [0.25, 0.3) is 10.2 Å².